The molecule has 1 saturated heterocycles. The first kappa shape index (κ1) is 17.1. The minimum Gasteiger partial charge on any atom is -0.507 e. The van der Waals surface area contributed by atoms with Crippen molar-refractivity contribution in [3.05, 3.63) is 65.0 Å². The second kappa shape index (κ2) is 6.42. The average Bonchev–Trinajstić information content (AvgIpc) is 2.91. The number of rotatable bonds is 2. The van der Waals surface area contributed by atoms with Gasteiger partial charge < -0.3 is 19.5 Å². The Kier molecular flexibility index (Phi) is 4.07. The summed E-state index contributed by atoms with van der Waals surface area (Å²) in [6.45, 7) is 0.804. The topological polar surface area (TPSA) is 76.1 Å². The molecule has 1 amide bonds. The molecule has 138 valence electrons. The van der Waals surface area contributed by atoms with Crippen molar-refractivity contribution in [3.63, 3.8) is 0 Å². The van der Waals surface area contributed by atoms with Crippen LogP contribution in [0.4, 0.5) is 4.39 Å². The highest BCUT2D eigenvalue weighted by molar-refractivity contribution is 6.46. The van der Waals surface area contributed by atoms with Gasteiger partial charge in [0.15, 0.2) is 11.5 Å². The van der Waals surface area contributed by atoms with Crippen molar-refractivity contribution in [2.24, 2.45) is 0 Å². The van der Waals surface area contributed by atoms with Gasteiger partial charge in [0.25, 0.3) is 11.7 Å². The van der Waals surface area contributed by atoms with Gasteiger partial charge in [-0.1, -0.05) is 12.1 Å². The van der Waals surface area contributed by atoms with Crippen molar-refractivity contribution < 1.29 is 28.6 Å². The summed E-state index contributed by atoms with van der Waals surface area (Å²) in [6, 6.07) is 9.48. The molecule has 0 saturated carbocycles. The van der Waals surface area contributed by atoms with Gasteiger partial charge in [-0.15, -0.1) is 0 Å². The van der Waals surface area contributed by atoms with Crippen LogP contribution in [0.25, 0.3) is 5.76 Å². The summed E-state index contributed by atoms with van der Waals surface area (Å²) >= 11 is 0. The number of fused-ring (bicyclic) bond motifs is 1. The van der Waals surface area contributed by atoms with Crippen molar-refractivity contribution in [2.75, 3.05) is 20.3 Å². The Labute approximate surface area is 154 Å². The number of carbonyl (C=O) groups is 2. The van der Waals surface area contributed by atoms with Crippen LogP contribution < -0.4 is 9.47 Å². The Hall–Kier alpha value is -3.35. The lowest BCUT2D eigenvalue weighted by molar-refractivity contribution is -0.139. The number of hydrogen-bond donors (Lipinski definition) is 1. The summed E-state index contributed by atoms with van der Waals surface area (Å²) in [5.41, 5.74) is 0.618. The number of benzene rings is 2. The van der Waals surface area contributed by atoms with E-state index in [1.165, 1.54) is 30.1 Å². The SMILES string of the molecule is CN1C(=O)C(=O)/C(=C(/O)c2ccc3c(c2)OCCO3)C1c1cccc(F)c1. The Morgan fingerprint density at radius 2 is 1.85 bits per heavy atom. The number of likely N-dealkylation sites (tertiary alicyclic amines) is 1. The number of amides is 1. The van der Waals surface area contributed by atoms with E-state index in [0.29, 0.717) is 35.8 Å². The van der Waals surface area contributed by atoms with Gasteiger partial charge in [-0.25, -0.2) is 4.39 Å². The third-order valence-corrected chi connectivity index (χ3v) is 4.66. The molecule has 0 aliphatic carbocycles. The zero-order valence-electron chi connectivity index (χ0n) is 14.4. The second-order valence-electron chi connectivity index (χ2n) is 6.32. The molecule has 0 aromatic heterocycles. The fourth-order valence-electron chi connectivity index (χ4n) is 3.36. The number of nitrogens with zero attached hydrogens (tertiary/aromatic N) is 1. The third kappa shape index (κ3) is 2.81. The summed E-state index contributed by atoms with van der Waals surface area (Å²) in [7, 11) is 1.44. The maximum absolute atomic E-state index is 13.7. The molecule has 7 heteroatoms. The van der Waals surface area contributed by atoms with Gasteiger partial charge in [0, 0.05) is 12.6 Å². The summed E-state index contributed by atoms with van der Waals surface area (Å²) in [6.07, 6.45) is 0. The van der Waals surface area contributed by atoms with E-state index in [2.05, 4.69) is 0 Å². The number of hydrogen-bond acceptors (Lipinski definition) is 5. The highest BCUT2D eigenvalue weighted by Crippen LogP contribution is 2.40. The molecule has 2 aromatic rings. The molecule has 1 fully saturated rings. The first-order valence-corrected chi connectivity index (χ1v) is 8.37. The normalized spacial score (nSPS) is 20.8. The molecule has 2 aliphatic heterocycles. The molecule has 2 heterocycles. The molecule has 27 heavy (non-hydrogen) atoms. The molecule has 0 bridgehead atoms. The lowest BCUT2D eigenvalue weighted by Gasteiger charge is -2.22. The predicted octanol–water partition coefficient (Wildman–Crippen LogP) is 2.65. The smallest absolute Gasteiger partial charge is 0.295 e. The van der Waals surface area contributed by atoms with Crippen LogP contribution in [0.5, 0.6) is 11.5 Å². The van der Waals surface area contributed by atoms with Crippen LogP contribution in [0, 0.1) is 5.82 Å². The Morgan fingerprint density at radius 1 is 1.11 bits per heavy atom. The molecule has 0 radical (unpaired) electrons. The molecule has 1 N–H and O–H groups in total. The fraction of sp³-hybridized carbons (Fsp3) is 0.200. The maximum atomic E-state index is 13.7. The molecule has 4 rings (SSSR count). The maximum Gasteiger partial charge on any atom is 0.295 e. The van der Waals surface area contributed by atoms with Crippen LogP contribution in [-0.4, -0.2) is 42.0 Å². The van der Waals surface area contributed by atoms with Crippen LogP contribution in [0.2, 0.25) is 0 Å². The van der Waals surface area contributed by atoms with Crippen LogP contribution in [0.1, 0.15) is 17.2 Å². The minimum absolute atomic E-state index is 0.0928. The van der Waals surface area contributed by atoms with E-state index >= 15 is 0 Å². The zero-order valence-corrected chi connectivity index (χ0v) is 14.4. The number of aliphatic hydroxyl groups is 1. The van der Waals surface area contributed by atoms with Gasteiger partial charge in [0.2, 0.25) is 0 Å². The van der Waals surface area contributed by atoms with Crippen LogP contribution in [0.15, 0.2) is 48.0 Å². The third-order valence-electron chi connectivity index (χ3n) is 4.66. The number of ether oxygens (including phenoxy) is 2. The summed E-state index contributed by atoms with van der Waals surface area (Å²) in [5.74, 6) is -1.44. The van der Waals surface area contributed by atoms with Gasteiger partial charge in [-0.05, 0) is 35.9 Å². The molecule has 2 aliphatic rings. The lowest BCUT2D eigenvalue weighted by Crippen LogP contribution is -2.24. The van der Waals surface area contributed by atoms with Crippen molar-refractivity contribution in [2.45, 2.75) is 6.04 Å². The molecule has 1 unspecified atom stereocenters. The van der Waals surface area contributed by atoms with Crippen LogP contribution in [0.3, 0.4) is 0 Å². The second-order valence-corrected chi connectivity index (χ2v) is 6.32. The first-order chi connectivity index (χ1) is 13.0. The highest BCUT2D eigenvalue weighted by Gasteiger charge is 2.44. The number of halogens is 1. The molecule has 1 atom stereocenters. The van der Waals surface area contributed by atoms with E-state index < -0.39 is 23.5 Å². The fourth-order valence-corrected chi connectivity index (χ4v) is 3.36. The van der Waals surface area contributed by atoms with Gasteiger partial charge in [-0.3, -0.25) is 9.59 Å². The summed E-state index contributed by atoms with van der Waals surface area (Å²) in [5, 5.41) is 10.8. The number of Topliss-reactive ketones (excluding diaryl/α,β-unsaturated/α-hetero) is 1. The van der Waals surface area contributed by atoms with Gasteiger partial charge >= 0.3 is 0 Å². The largest absolute Gasteiger partial charge is 0.507 e. The first-order valence-electron chi connectivity index (χ1n) is 8.37. The van der Waals surface area contributed by atoms with Crippen molar-refractivity contribution in [1.82, 2.24) is 4.90 Å². The van der Waals surface area contributed by atoms with E-state index in [-0.39, 0.29) is 11.3 Å². The van der Waals surface area contributed by atoms with Gasteiger partial charge in [0.05, 0.1) is 11.6 Å². The molecule has 2 aromatic carbocycles. The van der Waals surface area contributed by atoms with Crippen molar-refractivity contribution in [1.29, 1.82) is 0 Å². The molecule has 6 nitrogen and oxygen atoms in total. The van der Waals surface area contributed by atoms with E-state index in [1.807, 2.05) is 0 Å². The zero-order chi connectivity index (χ0) is 19.1. The van der Waals surface area contributed by atoms with E-state index in [9.17, 15) is 19.1 Å². The number of aliphatic hydroxyl groups excluding tert-OH is 1. The highest BCUT2D eigenvalue weighted by atomic mass is 19.1. The lowest BCUT2D eigenvalue weighted by atomic mass is 9.95. The van der Waals surface area contributed by atoms with Gasteiger partial charge in [-0.2, -0.15) is 0 Å². The Balaban J connectivity index is 1.85. The van der Waals surface area contributed by atoms with E-state index in [4.69, 9.17) is 9.47 Å². The van der Waals surface area contributed by atoms with E-state index in [0.717, 1.165) is 0 Å². The number of carbonyl (C=O) groups excluding carboxylic acids is 2. The number of ketones is 1. The molecule has 0 spiro atoms. The number of likely N-dealkylation sites (N-methyl/N-ethyl adjacent to an activating group) is 1. The van der Waals surface area contributed by atoms with Crippen LogP contribution >= 0.6 is 0 Å². The van der Waals surface area contributed by atoms with E-state index in [1.54, 1.807) is 24.3 Å². The minimum atomic E-state index is -0.881. The summed E-state index contributed by atoms with van der Waals surface area (Å²) < 4.78 is 24.6. The standard InChI is InChI=1S/C20H16FNO5/c1-22-17(11-3-2-4-13(21)9-11)16(19(24)20(22)25)18(23)12-5-6-14-15(10-12)27-8-7-26-14/h2-6,9-10,17,23H,7-8H2,1H3/b18-16+. The monoisotopic (exact) mass is 369 g/mol. The molecular weight excluding hydrogens is 353 g/mol. The van der Waals surface area contributed by atoms with Crippen LogP contribution in [-0.2, 0) is 9.59 Å². The summed E-state index contributed by atoms with van der Waals surface area (Å²) in [4.78, 5) is 26.0. The Morgan fingerprint density at radius 3 is 2.59 bits per heavy atom. The quantitative estimate of drug-likeness (QED) is 0.500. The predicted molar refractivity (Wildman–Crippen MR) is 93.9 cm³/mol. The van der Waals surface area contributed by atoms with Crippen molar-refractivity contribution >= 4 is 17.4 Å². The molecular formula is C20H16FNO5. The van der Waals surface area contributed by atoms with Crippen molar-refractivity contribution in [3.8, 4) is 11.5 Å². The van der Waals surface area contributed by atoms with Gasteiger partial charge in [0.1, 0.15) is 24.8 Å². The Bertz CT molecular complexity index is 984. The average molecular weight is 369 g/mol.